The number of non-ortho nitro benzene ring substituents is 1. The topological polar surface area (TPSA) is 79.4 Å². The Bertz CT molecular complexity index is 684. The highest BCUT2D eigenvalue weighted by atomic mass is 35.5. The first-order chi connectivity index (χ1) is 9.97. The lowest BCUT2D eigenvalue weighted by atomic mass is 10.2. The van der Waals surface area contributed by atoms with Crippen LogP contribution in [0.1, 0.15) is 11.3 Å². The van der Waals surface area contributed by atoms with Crippen LogP contribution in [-0.4, -0.2) is 21.8 Å². The van der Waals surface area contributed by atoms with E-state index in [2.05, 4.69) is 5.10 Å². The summed E-state index contributed by atoms with van der Waals surface area (Å²) < 4.78 is 12.5. The first-order valence-electron chi connectivity index (χ1n) is 6.06. The average Bonchev–Trinajstić information content (AvgIpc) is 2.72. The van der Waals surface area contributed by atoms with Gasteiger partial charge in [0, 0.05) is 13.1 Å². The molecule has 1 aromatic carbocycles. The molecule has 0 aliphatic carbocycles. The van der Waals surface area contributed by atoms with Crippen LogP contribution in [0.15, 0.2) is 18.2 Å². The molecule has 0 aliphatic rings. The van der Waals surface area contributed by atoms with E-state index in [1.165, 1.54) is 25.3 Å². The zero-order chi connectivity index (χ0) is 15.6. The Kier molecular flexibility index (Phi) is 4.32. The average molecular weight is 312 g/mol. The maximum Gasteiger partial charge on any atom is 0.273 e. The predicted octanol–water partition coefficient (Wildman–Crippen LogP) is 3.18. The van der Waals surface area contributed by atoms with Crippen molar-refractivity contribution >= 4 is 17.3 Å². The first-order valence-corrected chi connectivity index (χ1v) is 6.60. The van der Waals surface area contributed by atoms with Gasteiger partial charge in [-0.25, -0.2) is 4.68 Å². The third-order valence-electron chi connectivity index (χ3n) is 2.99. The molecule has 0 unspecified atom stereocenters. The van der Waals surface area contributed by atoms with Gasteiger partial charge >= 0.3 is 0 Å². The van der Waals surface area contributed by atoms with E-state index in [9.17, 15) is 10.1 Å². The molecule has 1 heterocycles. The Morgan fingerprint density at radius 2 is 2.14 bits per heavy atom. The third-order valence-corrected chi connectivity index (χ3v) is 3.25. The number of aryl methyl sites for hydroxylation is 2. The zero-order valence-corrected chi connectivity index (χ0v) is 12.5. The summed E-state index contributed by atoms with van der Waals surface area (Å²) in [6, 6.07) is 4.14. The number of nitro groups is 1. The maximum atomic E-state index is 10.8. The molecule has 2 aromatic rings. The lowest BCUT2D eigenvalue weighted by Gasteiger charge is -2.11. The summed E-state index contributed by atoms with van der Waals surface area (Å²) in [4.78, 5) is 10.3. The smallest absolute Gasteiger partial charge is 0.273 e. The van der Waals surface area contributed by atoms with Crippen molar-refractivity contribution in [3.63, 3.8) is 0 Å². The van der Waals surface area contributed by atoms with Crippen molar-refractivity contribution in [1.29, 1.82) is 0 Å². The number of hydrogen-bond donors (Lipinski definition) is 0. The van der Waals surface area contributed by atoms with Crippen LogP contribution in [0.3, 0.4) is 0 Å². The van der Waals surface area contributed by atoms with E-state index in [4.69, 9.17) is 21.1 Å². The van der Waals surface area contributed by atoms with E-state index >= 15 is 0 Å². The molecule has 8 heteroatoms. The Morgan fingerprint density at radius 1 is 1.43 bits per heavy atom. The number of nitro benzene ring substituents is 1. The molecule has 2 rings (SSSR count). The standard InChI is InChI=1S/C13H14ClN3O4/c1-8-10(7-14)13(16(2)15-8)21-11-5-4-9(17(18)19)6-12(11)20-3/h4-6H,7H2,1-3H3. The molecule has 0 bridgehead atoms. The Morgan fingerprint density at radius 3 is 2.71 bits per heavy atom. The Labute approximate surface area is 126 Å². The van der Waals surface area contributed by atoms with Gasteiger partial charge in [-0.2, -0.15) is 5.10 Å². The highest BCUT2D eigenvalue weighted by Crippen LogP contribution is 2.36. The van der Waals surface area contributed by atoms with Crippen LogP contribution in [0.4, 0.5) is 5.69 Å². The first kappa shape index (κ1) is 15.1. The van der Waals surface area contributed by atoms with Gasteiger partial charge in [-0.3, -0.25) is 10.1 Å². The minimum absolute atomic E-state index is 0.0713. The molecule has 1 aromatic heterocycles. The van der Waals surface area contributed by atoms with E-state index in [0.717, 1.165) is 11.3 Å². The minimum atomic E-state index is -0.495. The van der Waals surface area contributed by atoms with Crippen LogP contribution < -0.4 is 9.47 Å². The SMILES string of the molecule is COc1cc([N+](=O)[O-])ccc1Oc1c(CCl)c(C)nn1C. The second-order valence-electron chi connectivity index (χ2n) is 4.32. The van der Waals surface area contributed by atoms with Crippen LogP contribution in [0, 0.1) is 17.0 Å². The summed E-state index contributed by atoms with van der Waals surface area (Å²) >= 11 is 5.90. The van der Waals surface area contributed by atoms with Crippen molar-refractivity contribution in [3.8, 4) is 17.4 Å². The number of alkyl halides is 1. The lowest BCUT2D eigenvalue weighted by molar-refractivity contribution is -0.384. The monoisotopic (exact) mass is 311 g/mol. The van der Waals surface area contributed by atoms with Gasteiger partial charge in [0.2, 0.25) is 5.88 Å². The van der Waals surface area contributed by atoms with Crippen LogP contribution >= 0.6 is 11.6 Å². The van der Waals surface area contributed by atoms with Crippen molar-refractivity contribution in [2.75, 3.05) is 7.11 Å². The van der Waals surface area contributed by atoms with Gasteiger partial charge in [0.05, 0.1) is 35.2 Å². The summed E-state index contributed by atoms with van der Waals surface area (Å²) in [6.07, 6.45) is 0. The van der Waals surface area contributed by atoms with Crippen molar-refractivity contribution < 1.29 is 14.4 Å². The van der Waals surface area contributed by atoms with Gasteiger partial charge in [0.15, 0.2) is 11.5 Å². The molecular weight excluding hydrogens is 298 g/mol. The highest BCUT2D eigenvalue weighted by molar-refractivity contribution is 6.17. The Hall–Kier alpha value is -2.28. The van der Waals surface area contributed by atoms with Gasteiger partial charge in [-0.1, -0.05) is 0 Å². The predicted molar refractivity (Wildman–Crippen MR) is 77.2 cm³/mol. The molecular formula is C13H14ClN3O4. The van der Waals surface area contributed by atoms with Gasteiger partial charge in [0.1, 0.15) is 0 Å². The molecule has 0 radical (unpaired) electrons. The van der Waals surface area contributed by atoms with Crippen molar-refractivity contribution in [2.45, 2.75) is 12.8 Å². The molecule has 21 heavy (non-hydrogen) atoms. The van der Waals surface area contributed by atoms with Crippen molar-refractivity contribution in [1.82, 2.24) is 9.78 Å². The number of rotatable bonds is 5. The van der Waals surface area contributed by atoms with E-state index in [1.54, 1.807) is 11.7 Å². The fraction of sp³-hybridized carbons (Fsp3) is 0.308. The van der Waals surface area contributed by atoms with E-state index in [1.807, 2.05) is 6.92 Å². The number of ether oxygens (including phenoxy) is 2. The summed E-state index contributed by atoms with van der Waals surface area (Å²) in [5, 5.41) is 15.0. The number of hydrogen-bond acceptors (Lipinski definition) is 5. The van der Waals surface area contributed by atoms with Crippen molar-refractivity contribution in [3.05, 3.63) is 39.6 Å². The third kappa shape index (κ3) is 2.92. The molecule has 0 spiro atoms. The van der Waals surface area contributed by atoms with Gasteiger partial charge < -0.3 is 9.47 Å². The van der Waals surface area contributed by atoms with E-state index < -0.39 is 4.92 Å². The molecule has 7 nitrogen and oxygen atoms in total. The van der Waals surface area contributed by atoms with E-state index in [0.29, 0.717) is 11.6 Å². The molecule has 0 saturated carbocycles. The second-order valence-corrected chi connectivity index (χ2v) is 4.59. The summed E-state index contributed by atoms with van der Waals surface area (Å²) in [6.45, 7) is 1.83. The minimum Gasteiger partial charge on any atom is -0.493 e. The zero-order valence-electron chi connectivity index (χ0n) is 11.8. The van der Waals surface area contributed by atoms with Gasteiger partial charge in [-0.05, 0) is 13.0 Å². The number of halogens is 1. The number of aromatic nitrogens is 2. The molecule has 112 valence electrons. The normalized spacial score (nSPS) is 10.5. The molecule has 0 saturated heterocycles. The summed E-state index contributed by atoms with van der Waals surface area (Å²) in [7, 11) is 3.15. The Balaban J connectivity index is 2.42. The second kappa shape index (κ2) is 6.01. The number of nitrogens with zero attached hydrogens (tertiary/aromatic N) is 3. The molecule has 0 amide bonds. The molecule has 0 aliphatic heterocycles. The fourth-order valence-corrected chi connectivity index (χ4v) is 2.23. The summed E-state index contributed by atoms with van der Waals surface area (Å²) in [5.41, 5.74) is 1.46. The molecule has 0 atom stereocenters. The number of methoxy groups -OCH3 is 1. The van der Waals surface area contributed by atoms with Crippen LogP contribution in [0.25, 0.3) is 0 Å². The van der Waals surface area contributed by atoms with Gasteiger partial charge in [-0.15, -0.1) is 11.6 Å². The largest absolute Gasteiger partial charge is 0.493 e. The van der Waals surface area contributed by atoms with E-state index in [-0.39, 0.29) is 17.3 Å². The maximum absolute atomic E-state index is 10.8. The van der Waals surface area contributed by atoms with Gasteiger partial charge in [0.25, 0.3) is 5.69 Å². The van der Waals surface area contributed by atoms with Crippen LogP contribution in [0.5, 0.6) is 17.4 Å². The molecule has 0 fully saturated rings. The number of benzene rings is 1. The summed E-state index contributed by atoms with van der Waals surface area (Å²) in [5.74, 6) is 1.36. The van der Waals surface area contributed by atoms with Crippen molar-refractivity contribution in [2.24, 2.45) is 7.05 Å². The van der Waals surface area contributed by atoms with Crippen LogP contribution in [-0.2, 0) is 12.9 Å². The highest BCUT2D eigenvalue weighted by Gasteiger charge is 2.18. The quantitative estimate of drug-likeness (QED) is 0.481. The molecule has 0 N–H and O–H groups in total. The fourth-order valence-electron chi connectivity index (χ4n) is 1.92. The lowest BCUT2D eigenvalue weighted by Crippen LogP contribution is -1.99. The van der Waals surface area contributed by atoms with Crippen LogP contribution in [0.2, 0.25) is 0 Å².